The number of carbonyl (C=O) groups excluding carboxylic acids is 2. The molecule has 1 aromatic carbocycles. The lowest BCUT2D eigenvalue weighted by Gasteiger charge is -2.35. The van der Waals surface area contributed by atoms with Crippen molar-refractivity contribution >= 4 is 11.8 Å². The van der Waals surface area contributed by atoms with E-state index in [9.17, 15) is 9.59 Å². The molecule has 7 nitrogen and oxygen atoms in total. The van der Waals surface area contributed by atoms with Gasteiger partial charge in [-0.3, -0.25) is 19.4 Å². The highest BCUT2D eigenvalue weighted by molar-refractivity contribution is 5.78. The van der Waals surface area contributed by atoms with Gasteiger partial charge in [-0.25, -0.2) is 0 Å². The molecule has 0 unspecified atom stereocenters. The SMILES string of the molecule is CC(C)Oc1ccc(CCNC(=O)CN2CCN(CC(=O)N3CCCCCC3)CC2)cc1. The molecule has 0 aliphatic carbocycles. The lowest BCUT2D eigenvalue weighted by Crippen LogP contribution is -2.52. The van der Waals surface area contributed by atoms with Gasteiger partial charge in [-0.05, 0) is 50.8 Å². The summed E-state index contributed by atoms with van der Waals surface area (Å²) in [6, 6.07) is 8.06. The maximum atomic E-state index is 12.6. The fraction of sp³-hybridized carbons (Fsp3) is 0.680. The van der Waals surface area contributed by atoms with E-state index in [-0.39, 0.29) is 17.9 Å². The molecule has 1 N–H and O–H groups in total. The number of nitrogens with one attached hydrogen (secondary N) is 1. The molecular formula is C25H40N4O3. The van der Waals surface area contributed by atoms with Crippen LogP contribution in [-0.2, 0) is 16.0 Å². The molecule has 0 spiro atoms. The minimum absolute atomic E-state index is 0.0684. The fourth-order valence-corrected chi connectivity index (χ4v) is 4.33. The molecule has 0 saturated carbocycles. The Morgan fingerprint density at radius 2 is 1.47 bits per heavy atom. The van der Waals surface area contributed by atoms with Crippen molar-refractivity contribution < 1.29 is 14.3 Å². The summed E-state index contributed by atoms with van der Waals surface area (Å²) in [5.41, 5.74) is 1.18. The van der Waals surface area contributed by atoms with E-state index >= 15 is 0 Å². The number of ether oxygens (including phenoxy) is 1. The molecule has 0 atom stereocenters. The first kappa shape index (κ1) is 24.5. The van der Waals surface area contributed by atoms with Crippen LogP contribution in [0.3, 0.4) is 0 Å². The summed E-state index contributed by atoms with van der Waals surface area (Å²) in [5, 5.41) is 3.03. The number of hydrogen-bond donors (Lipinski definition) is 1. The number of nitrogens with zero attached hydrogens (tertiary/aromatic N) is 3. The molecule has 0 bridgehead atoms. The van der Waals surface area contributed by atoms with Gasteiger partial charge in [0.1, 0.15) is 5.75 Å². The van der Waals surface area contributed by atoms with Crippen molar-refractivity contribution in [3.05, 3.63) is 29.8 Å². The molecule has 2 heterocycles. The highest BCUT2D eigenvalue weighted by atomic mass is 16.5. The van der Waals surface area contributed by atoms with Crippen LogP contribution in [0, 0.1) is 0 Å². The van der Waals surface area contributed by atoms with E-state index < -0.39 is 0 Å². The zero-order valence-corrected chi connectivity index (χ0v) is 19.9. The third-order valence-corrected chi connectivity index (χ3v) is 6.18. The second-order valence-corrected chi connectivity index (χ2v) is 9.26. The molecule has 178 valence electrons. The van der Waals surface area contributed by atoms with Gasteiger partial charge in [0.2, 0.25) is 11.8 Å². The lowest BCUT2D eigenvalue weighted by molar-refractivity contribution is -0.133. The number of carbonyl (C=O) groups is 2. The first-order valence-corrected chi connectivity index (χ1v) is 12.2. The number of benzene rings is 1. The predicted octanol–water partition coefficient (Wildman–Crippen LogP) is 2.15. The van der Waals surface area contributed by atoms with E-state index in [4.69, 9.17) is 4.74 Å². The van der Waals surface area contributed by atoms with Crippen LogP contribution in [0.4, 0.5) is 0 Å². The predicted molar refractivity (Wildman–Crippen MR) is 127 cm³/mol. The van der Waals surface area contributed by atoms with Gasteiger partial charge in [-0.1, -0.05) is 25.0 Å². The standard InChI is InChI=1S/C25H40N4O3/c1-21(2)32-23-9-7-22(8-10-23)11-12-26-24(30)19-27-15-17-28(18-16-27)20-25(31)29-13-5-3-4-6-14-29/h7-10,21H,3-6,11-20H2,1-2H3,(H,26,30). The smallest absolute Gasteiger partial charge is 0.236 e. The number of hydrogen-bond acceptors (Lipinski definition) is 5. The van der Waals surface area contributed by atoms with Crippen LogP contribution in [-0.4, -0.2) is 91.5 Å². The maximum absolute atomic E-state index is 12.6. The Kier molecular flexibility index (Phi) is 9.81. The summed E-state index contributed by atoms with van der Waals surface area (Å²) in [7, 11) is 0. The Morgan fingerprint density at radius 1 is 0.875 bits per heavy atom. The molecule has 2 aliphatic heterocycles. The van der Waals surface area contributed by atoms with E-state index in [1.54, 1.807) is 0 Å². The van der Waals surface area contributed by atoms with E-state index in [0.717, 1.165) is 64.3 Å². The zero-order valence-electron chi connectivity index (χ0n) is 19.9. The van der Waals surface area contributed by atoms with Gasteiger partial charge < -0.3 is 15.0 Å². The van der Waals surface area contributed by atoms with Crippen LogP contribution in [0.5, 0.6) is 5.75 Å². The topological polar surface area (TPSA) is 65.1 Å². The first-order chi connectivity index (χ1) is 15.5. The Morgan fingerprint density at radius 3 is 2.06 bits per heavy atom. The second-order valence-electron chi connectivity index (χ2n) is 9.26. The summed E-state index contributed by atoms with van der Waals surface area (Å²) >= 11 is 0. The minimum atomic E-state index is 0.0684. The largest absolute Gasteiger partial charge is 0.491 e. The summed E-state index contributed by atoms with van der Waals surface area (Å²) in [6.45, 7) is 10.8. The molecule has 7 heteroatoms. The molecule has 2 fully saturated rings. The Hall–Kier alpha value is -2.12. The normalized spacial score (nSPS) is 18.4. The number of likely N-dealkylation sites (tertiary alicyclic amines) is 1. The Balaban J connectivity index is 1.29. The van der Waals surface area contributed by atoms with Crippen LogP contribution in [0.25, 0.3) is 0 Å². The molecular weight excluding hydrogens is 404 g/mol. The minimum Gasteiger partial charge on any atom is -0.491 e. The van der Waals surface area contributed by atoms with Gasteiger partial charge in [0, 0.05) is 45.8 Å². The number of rotatable bonds is 9. The molecule has 2 aliphatic rings. The van der Waals surface area contributed by atoms with Gasteiger partial charge in [-0.2, -0.15) is 0 Å². The van der Waals surface area contributed by atoms with Gasteiger partial charge in [0.05, 0.1) is 19.2 Å². The molecule has 2 amide bonds. The maximum Gasteiger partial charge on any atom is 0.236 e. The highest BCUT2D eigenvalue weighted by Crippen LogP contribution is 2.14. The second kappa shape index (κ2) is 12.8. The van der Waals surface area contributed by atoms with Crippen LogP contribution in [0.15, 0.2) is 24.3 Å². The Labute approximate surface area is 193 Å². The first-order valence-electron chi connectivity index (χ1n) is 12.2. The van der Waals surface area contributed by atoms with Crippen molar-refractivity contribution in [1.82, 2.24) is 20.0 Å². The van der Waals surface area contributed by atoms with Crippen molar-refractivity contribution in [3.63, 3.8) is 0 Å². The number of amides is 2. The molecule has 3 rings (SSSR count). The molecule has 0 radical (unpaired) electrons. The average Bonchev–Trinajstić information content (AvgIpc) is 3.06. The summed E-state index contributed by atoms with van der Waals surface area (Å²) in [6.07, 6.45) is 5.72. The van der Waals surface area contributed by atoms with Crippen LogP contribution < -0.4 is 10.1 Å². The van der Waals surface area contributed by atoms with Crippen LogP contribution in [0.2, 0.25) is 0 Å². The van der Waals surface area contributed by atoms with E-state index in [0.29, 0.717) is 19.6 Å². The average molecular weight is 445 g/mol. The summed E-state index contributed by atoms with van der Waals surface area (Å²) in [5.74, 6) is 1.21. The van der Waals surface area contributed by atoms with Crippen LogP contribution in [0.1, 0.15) is 45.1 Å². The van der Waals surface area contributed by atoms with Gasteiger partial charge in [0.25, 0.3) is 0 Å². The van der Waals surface area contributed by atoms with Crippen molar-refractivity contribution in [1.29, 1.82) is 0 Å². The Bertz CT molecular complexity index is 706. The fourth-order valence-electron chi connectivity index (χ4n) is 4.33. The van der Waals surface area contributed by atoms with Gasteiger partial charge in [-0.15, -0.1) is 0 Å². The highest BCUT2D eigenvalue weighted by Gasteiger charge is 2.23. The third kappa shape index (κ3) is 8.43. The van der Waals surface area contributed by atoms with Crippen molar-refractivity contribution in [2.75, 3.05) is 58.9 Å². The van der Waals surface area contributed by atoms with Crippen molar-refractivity contribution in [2.45, 2.75) is 52.1 Å². The summed E-state index contributed by atoms with van der Waals surface area (Å²) < 4.78 is 5.66. The molecule has 0 aromatic heterocycles. The van der Waals surface area contributed by atoms with E-state index in [1.807, 2.05) is 30.9 Å². The zero-order chi connectivity index (χ0) is 22.8. The van der Waals surface area contributed by atoms with E-state index in [1.165, 1.54) is 18.4 Å². The van der Waals surface area contributed by atoms with Crippen molar-refractivity contribution in [3.8, 4) is 5.75 Å². The monoisotopic (exact) mass is 444 g/mol. The van der Waals surface area contributed by atoms with Crippen LogP contribution >= 0.6 is 0 Å². The van der Waals surface area contributed by atoms with E-state index in [2.05, 4.69) is 27.2 Å². The van der Waals surface area contributed by atoms with Crippen molar-refractivity contribution in [2.24, 2.45) is 0 Å². The molecule has 32 heavy (non-hydrogen) atoms. The van der Waals surface area contributed by atoms with Gasteiger partial charge in [0.15, 0.2) is 0 Å². The molecule has 2 saturated heterocycles. The quantitative estimate of drug-likeness (QED) is 0.632. The number of piperazine rings is 1. The molecule has 1 aromatic rings. The lowest BCUT2D eigenvalue weighted by atomic mass is 10.1. The van der Waals surface area contributed by atoms with Gasteiger partial charge >= 0.3 is 0 Å². The summed E-state index contributed by atoms with van der Waals surface area (Å²) in [4.78, 5) is 31.4. The third-order valence-electron chi connectivity index (χ3n) is 6.18.